The zero-order valence-corrected chi connectivity index (χ0v) is 13.3. The van der Waals surface area contributed by atoms with Gasteiger partial charge in [0.1, 0.15) is 0 Å². The molecule has 2 rings (SSSR count). The van der Waals surface area contributed by atoms with Crippen molar-refractivity contribution in [1.29, 1.82) is 0 Å². The minimum absolute atomic E-state index is 0.291. The van der Waals surface area contributed by atoms with Gasteiger partial charge in [-0.1, -0.05) is 28.9 Å². The van der Waals surface area contributed by atoms with E-state index in [4.69, 9.17) is 14.2 Å². The van der Waals surface area contributed by atoms with Crippen LogP contribution < -0.4 is 9.47 Å². The summed E-state index contributed by atoms with van der Waals surface area (Å²) < 4.78 is 16.4. The van der Waals surface area contributed by atoms with Crippen molar-refractivity contribution in [3.63, 3.8) is 0 Å². The minimum atomic E-state index is 0.291. The van der Waals surface area contributed by atoms with Gasteiger partial charge < -0.3 is 14.2 Å². The molecule has 0 aliphatic carbocycles. The summed E-state index contributed by atoms with van der Waals surface area (Å²) in [6.07, 6.45) is 2.50. The Morgan fingerprint density at radius 1 is 1.32 bits per heavy atom. The normalized spacial score (nSPS) is 24.2. The van der Waals surface area contributed by atoms with Crippen molar-refractivity contribution in [3.8, 4) is 11.5 Å². The molecule has 3 unspecified atom stereocenters. The molecule has 3 atom stereocenters. The van der Waals surface area contributed by atoms with Crippen LogP contribution in [0.15, 0.2) is 18.2 Å². The second kappa shape index (κ2) is 6.62. The standard InChI is InChI=1S/C15H21BrO3/c1-4-12-11(7-8-19-12)15(16)10-5-6-13(17-2)14(9-10)18-3/h5-6,9,11-12,15H,4,7-8H2,1-3H3. The Labute approximate surface area is 123 Å². The monoisotopic (exact) mass is 328 g/mol. The second-order valence-corrected chi connectivity index (χ2v) is 5.77. The van der Waals surface area contributed by atoms with Gasteiger partial charge in [-0.25, -0.2) is 0 Å². The third-order valence-electron chi connectivity index (χ3n) is 3.76. The van der Waals surface area contributed by atoms with E-state index in [0.717, 1.165) is 30.9 Å². The fourth-order valence-electron chi connectivity index (χ4n) is 2.69. The Kier molecular flexibility index (Phi) is 5.11. The average molecular weight is 329 g/mol. The molecular formula is C15H21BrO3. The summed E-state index contributed by atoms with van der Waals surface area (Å²) in [5.74, 6) is 2.06. The highest BCUT2D eigenvalue weighted by Gasteiger charge is 2.33. The van der Waals surface area contributed by atoms with Gasteiger partial charge in [0.25, 0.3) is 0 Å². The lowest BCUT2D eigenvalue weighted by Crippen LogP contribution is -2.19. The van der Waals surface area contributed by atoms with E-state index in [-0.39, 0.29) is 0 Å². The Balaban J connectivity index is 2.21. The molecule has 0 aromatic heterocycles. The van der Waals surface area contributed by atoms with Crippen molar-refractivity contribution in [2.75, 3.05) is 20.8 Å². The molecule has 0 N–H and O–H groups in total. The van der Waals surface area contributed by atoms with E-state index in [1.54, 1.807) is 14.2 Å². The first-order chi connectivity index (χ1) is 9.21. The summed E-state index contributed by atoms with van der Waals surface area (Å²) >= 11 is 3.83. The Bertz CT molecular complexity index is 422. The van der Waals surface area contributed by atoms with Crippen molar-refractivity contribution in [2.24, 2.45) is 5.92 Å². The van der Waals surface area contributed by atoms with Crippen LogP contribution in [0, 0.1) is 5.92 Å². The number of benzene rings is 1. The van der Waals surface area contributed by atoms with Gasteiger partial charge in [0.05, 0.1) is 20.3 Å². The molecule has 1 aliphatic heterocycles. The molecule has 19 heavy (non-hydrogen) atoms. The van der Waals surface area contributed by atoms with E-state index in [9.17, 15) is 0 Å². The quantitative estimate of drug-likeness (QED) is 0.766. The fourth-order valence-corrected chi connectivity index (χ4v) is 3.58. The van der Waals surface area contributed by atoms with Crippen molar-refractivity contribution < 1.29 is 14.2 Å². The van der Waals surface area contributed by atoms with Crippen molar-refractivity contribution in [3.05, 3.63) is 23.8 Å². The molecule has 0 bridgehead atoms. The third-order valence-corrected chi connectivity index (χ3v) is 4.97. The molecule has 0 radical (unpaired) electrons. The van der Waals surface area contributed by atoms with Crippen molar-refractivity contribution in [2.45, 2.75) is 30.7 Å². The molecule has 1 aromatic carbocycles. The predicted octanol–water partition coefficient (Wildman–Crippen LogP) is 3.95. The van der Waals surface area contributed by atoms with Gasteiger partial charge in [0.2, 0.25) is 0 Å². The maximum absolute atomic E-state index is 5.77. The molecule has 3 nitrogen and oxygen atoms in total. The molecule has 1 heterocycles. The van der Waals surface area contributed by atoms with Gasteiger partial charge in [-0.05, 0) is 30.5 Å². The second-order valence-electron chi connectivity index (χ2n) is 4.79. The van der Waals surface area contributed by atoms with E-state index in [2.05, 4.69) is 28.9 Å². The molecule has 0 spiro atoms. The Hall–Kier alpha value is -0.740. The first-order valence-electron chi connectivity index (χ1n) is 6.68. The molecule has 1 saturated heterocycles. The molecule has 0 amide bonds. The van der Waals surface area contributed by atoms with Gasteiger partial charge in [-0.3, -0.25) is 0 Å². The summed E-state index contributed by atoms with van der Waals surface area (Å²) in [5.41, 5.74) is 1.21. The van der Waals surface area contributed by atoms with Crippen LogP contribution in [0.1, 0.15) is 30.2 Å². The van der Waals surface area contributed by atoms with Gasteiger partial charge in [0.15, 0.2) is 11.5 Å². The fraction of sp³-hybridized carbons (Fsp3) is 0.600. The lowest BCUT2D eigenvalue weighted by molar-refractivity contribution is 0.0872. The van der Waals surface area contributed by atoms with E-state index >= 15 is 0 Å². The van der Waals surface area contributed by atoms with Crippen LogP contribution in [0.2, 0.25) is 0 Å². The highest BCUT2D eigenvalue weighted by atomic mass is 79.9. The van der Waals surface area contributed by atoms with Gasteiger partial charge >= 0.3 is 0 Å². The van der Waals surface area contributed by atoms with Crippen molar-refractivity contribution >= 4 is 15.9 Å². The first-order valence-corrected chi connectivity index (χ1v) is 7.60. The average Bonchev–Trinajstić information content (AvgIpc) is 2.94. The summed E-state index contributed by atoms with van der Waals surface area (Å²) in [7, 11) is 3.32. The van der Waals surface area contributed by atoms with Crippen LogP contribution in [0.4, 0.5) is 0 Å². The lowest BCUT2D eigenvalue weighted by Gasteiger charge is -2.23. The van der Waals surface area contributed by atoms with E-state index in [0.29, 0.717) is 16.8 Å². The van der Waals surface area contributed by atoms with Crippen LogP contribution in [0.25, 0.3) is 0 Å². The molecular weight excluding hydrogens is 308 g/mol. The summed E-state index contributed by atoms with van der Waals surface area (Å²) in [6, 6.07) is 6.09. The van der Waals surface area contributed by atoms with E-state index in [1.807, 2.05) is 12.1 Å². The number of rotatable bonds is 5. The summed E-state index contributed by atoms with van der Waals surface area (Å²) in [4.78, 5) is 0.291. The Morgan fingerprint density at radius 2 is 2.05 bits per heavy atom. The number of alkyl halides is 1. The maximum atomic E-state index is 5.77. The van der Waals surface area contributed by atoms with Crippen molar-refractivity contribution in [1.82, 2.24) is 0 Å². The van der Waals surface area contributed by atoms with Gasteiger partial charge in [-0.15, -0.1) is 0 Å². The smallest absolute Gasteiger partial charge is 0.161 e. The molecule has 4 heteroatoms. The number of ether oxygens (including phenoxy) is 3. The molecule has 1 fully saturated rings. The van der Waals surface area contributed by atoms with Crippen LogP contribution in [0.5, 0.6) is 11.5 Å². The number of hydrogen-bond donors (Lipinski definition) is 0. The van der Waals surface area contributed by atoms with Crippen LogP contribution in [-0.2, 0) is 4.74 Å². The van der Waals surface area contributed by atoms with Crippen LogP contribution in [-0.4, -0.2) is 26.9 Å². The summed E-state index contributed by atoms with van der Waals surface area (Å²) in [6.45, 7) is 3.04. The minimum Gasteiger partial charge on any atom is -0.493 e. The third kappa shape index (κ3) is 3.06. The maximum Gasteiger partial charge on any atom is 0.161 e. The van der Waals surface area contributed by atoms with E-state index < -0.39 is 0 Å². The first kappa shape index (κ1) is 14.7. The number of halogens is 1. The highest BCUT2D eigenvalue weighted by molar-refractivity contribution is 9.09. The molecule has 1 aromatic rings. The molecule has 106 valence electrons. The molecule has 1 aliphatic rings. The molecule has 0 saturated carbocycles. The zero-order chi connectivity index (χ0) is 13.8. The van der Waals surface area contributed by atoms with E-state index in [1.165, 1.54) is 5.56 Å². The lowest BCUT2D eigenvalue weighted by atomic mass is 9.91. The predicted molar refractivity (Wildman–Crippen MR) is 79.4 cm³/mol. The summed E-state index contributed by atoms with van der Waals surface area (Å²) in [5, 5.41) is 0. The largest absolute Gasteiger partial charge is 0.493 e. The van der Waals surface area contributed by atoms with Gasteiger partial charge in [-0.2, -0.15) is 0 Å². The highest BCUT2D eigenvalue weighted by Crippen LogP contribution is 2.42. The topological polar surface area (TPSA) is 27.7 Å². The number of hydrogen-bond acceptors (Lipinski definition) is 3. The number of methoxy groups -OCH3 is 2. The Morgan fingerprint density at radius 3 is 2.68 bits per heavy atom. The van der Waals surface area contributed by atoms with Gasteiger partial charge in [0, 0.05) is 17.4 Å². The SMILES string of the molecule is CCC1OCCC1C(Br)c1ccc(OC)c(OC)c1. The van der Waals surface area contributed by atoms with Crippen LogP contribution in [0.3, 0.4) is 0 Å². The zero-order valence-electron chi connectivity index (χ0n) is 11.7. The van der Waals surface area contributed by atoms with Crippen LogP contribution >= 0.6 is 15.9 Å².